The summed E-state index contributed by atoms with van der Waals surface area (Å²) in [5, 5.41) is 2.27. The van der Waals surface area contributed by atoms with Gasteiger partial charge in [-0.1, -0.05) is 0 Å². The van der Waals surface area contributed by atoms with Crippen molar-refractivity contribution in [2.24, 2.45) is 0 Å². The predicted octanol–water partition coefficient (Wildman–Crippen LogP) is 0.162. The molecule has 9 nitrogen and oxygen atoms in total. The summed E-state index contributed by atoms with van der Waals surface area (Å²) in [4.78, 5) is 39.3. The molecule has 0 aliphatic carbocycles. The van der Waals surface area contributed by atoms with Gasteiger partial charge in [0.2, 0.25) is 11.8 Å². The van der Waals surface area contributed by atoms with E-state index in [4.69, 9.17) is 4.55 Å². The zero-order chi connectivity index (χ0) is 19.8. The number of hydrogen-bond acceptors (Lipinski definition) is 6. The predicted molar refractivity (Wildman–Crippen MR) is 96.8 cm³/mol. The lowest BCUT2D eigenvalue weighted by molar-refractivity contribution is -0.136. The lowest BCUT2D eigenvalue weighted by Crippen LogP contribution is -2.52. The van der Waals surface area contributed by atoms with Gasteiger partial charge in [0.25, 0.3) is 16.0 Å². The molecule has 0 spiro atoms. The number of carbonyl (C=O) groups excluding carboxylic acids is 3. The second-order valence-corrected chi connectivity index (χ2v) is 8.37. The van der Waals surface area contributed by atoms with Gasteiger partial charge in [-0.15, -0.1) is 0 Å². The summed E-state index contributed by atoms with van der Waals surface area (Å²) in [6.45, 7) is 0.705. The zero-order valence-electron chi connectivity index (χ0n) is 14.8. The fourth-order valence-electron chi connectivity index (χ4n) is 3.41. The molecule has 1 aromatic rings. The molecule has 0 saturated carbocycles. The van der Waals surface area contributed by atoms with E-state index in [1.165, 1.54) is 4.90 Å². The summed E-state index contributed by atoms with van der Waals surface area (Å²) >= 11 is 0. The largest absolute Gasteiger partial charge is 0.375 e. The molecule has 2 N–H and O–H groups in total. The lowest BCUT2D eigenvalue weighted by Gasteiger charge is -2.29. The van der Waals surface area contributed by atoms with Crippen LogP contribution in [0.3, 0.4) is 0 Å². The standard InChI is InChI=1S/C17H21N3O6S/c1-19(7-2-8-27(24,25)26)12-3-4-13-11(9-12)10-20(17(13)23)14-5-6-15(21)18-16(14)22/h3-4,9,14H,2,5-8,10H2,1H3,(H,18,21,22)(H,24,25,26). The molecule has 1 saturated heterocycles. The number of benzene rings is 1. The van der Waals surface area contributed by atoms with E-state index in [-0.39, 0.29) is 37.0 Å². The minimum Gasteiger partial charge on any atom is -0.375 e. The highest BCUT2D eigenvalue weighted by Gasteiger charge is 2.39. The van der Waals surface area contributed by atoms with E-state index in [0.717, 1.165) is 11.3 Å². The maximum atomic E-state index is 12.6. The van der Waals surface area contributed by atoms with Crippen molar-refractivity contribution >= 4 is 33.5 Å². The van der Waals surface area contributed by atoms with Crippen LogP contribution in [0.2, 0.25) is 0 Å². The van der Waals surface area contributed by atoms with Gasteiger partial charge in [0.05, 0.1) is 5.75 Å². The van der Waals surface area contributed by atoms with Crippen molar-refractivity contribution in [3.8, 4) is 0 Å². The number of carbonyl (C=O) groups is 3. The monoisotopic (exact) mass is 395 g/mol. The molecule has 27 heavy (non-hydrogen) atoms. The zero-order valence-corrected chi connectivity index (χ0v) is 15.7. The van der Waals surface area contributed by atoms with Crippen LogP contribution in [0.5, 0.6) is 0 Å². The number of nitrogens with one attached hydrogen (secondary N) is 1. The van der Waals surface area contributed by atoms with E-state index in [1.54, 1.807) is 19.2 Å². The van der Waals surface area contributed by atoms with Gasteiger partial charge in [-0.25, -0.2) is 0 Å². The van der Waals surface area contributed by atoms with E-state index in [0.29, 0.717) is 18.5 Å². The molecule has 0 aromatic heterocycles. The van der Waals surface area contributed by atoms with Gasteiger partial charge in [-0.05, 0) is 36.6 Å². The van der Waals surface area contributed by atoms with Gasteiger partial charge in [0.15, 0.2) is 0 Å². The molecule has 2 aliphatic heterocycles. The molecule has 1 fully saturated rings. The van der Waals surface area contributed by atoms with Crippen LogP contribution in [-0.4, -0.2) is 61.0 Å². The Morgan fingerprint density at radius 3 is 2.70 bits per heavy atom. The first-order valence-electron chi connectivity index (χ1n) is 8.59. The van der Waals surface area contributed by atoms with Crippen LogP contribution in [-0.2, 0) is 26.3 Å². The Morgan fingerprint density at radius 1 is 1.30 bits per heavy atom. The highest BCUT2D eigenvalue weighted by Crippen LogP contribution is 2.30. The smallest absolute Gasteiger partial charge is 0.264 e. The molecule has 1 unspecified atom stereocenters. The van der Waals surface area contributed by atoms with Gasteiger partial charge < -0.3 is 9.80 Å². The van der Waals surface area contributed by atoms with Crippen LogP contribution in [0.25, 0.3) is 0 Å². The molecular weight excluding hydrogens is 374 g/mol. The average Bonchev–Trinajstić information content (AvgIpc) is 2.90. The fourth-order valence-corrected chi connectivity index (χ4v) is 3.91. The number of fused-ring (bicyclic) bond motifs is 1. The highest BCUT2D eigenvalue weighted by molar-refractivity contribution is 7.85. The number of rotatable bonds is 6. The molecule has 10 heteroatoms. The molecule has 2 heterocycles. The van der Waals surface area contributed by atoms with Crippen molar-refractivity contribution in [1.82, 2.24) is 10.2 Å². The normalized spacial score (nSPS) is 19.9. The van der Waals surface area contributed by atoms with Crippen LogP contribution >= 0.6 is 0 Å². The number of amides is 3. The van der Waals surface area contributed by atoms with E-state index < -0.39 is 22.1 Å². The molecule has 3 rings (SSSR count). The first-order chi connectivity index (χ1) is 12.7. The lowest BCUT2D eigenvalue weighted by atomic mass is 10.0. The van der Waals surface area contributed by atoms with E-state index in [1.807, 2.05) is 11.0 Å². The molecular formula is C17H21N3O6S. The van der Waals surface area contributed by atoms with Crippen molar-refractivity contribution in [2.75, 3.05) is 24.2 Å². The van der Waals surface area contributed by atoms with Gasteiger partial charge in [-0.3, -0.25) is 24.3 Å². The second-order valence-electron chi connectivity index (χ2n) is 6.80. The van der Waals surface area contributed by atoms with Crippen LogP contribution in [0.1, 0.15) is 35.2 Å². The highest BCUT2D eigenvalue weighted by atomic mass is 32.2. The van der Waals surface area contributed by atoms with E-state index in [2.05, 4.69) is 5.32 Å². The van der Waals surface area contributed by atoms with Crippen molar-refractivity contribution in [2.45, 2.75) is 31.8 Å². The van der Waals surface area contributed by atoms with Crippen molar-refractivity contribution in [1.29, 1.82) is 0 Å². The number of imide groups is 1. The Morgan fingerprint density at radius 2 is 2.04 bits per heavy atom. The number of nitrogens with zero attached hydrogens (tertiary/aromatic N) is 2. The van der Waals surface area contributed by atoms with Crippen LogP contribution < -0.4 is 10.2 Å². The average molecular weight is 395 g/mol. The Balaban J connectivity index is 1.70. The minimum atomic E-state index is -3.99. The topological polar surface area (TPSA) is 124 Å². The quantitative estimate of drug-likeness (QED) is 0.519. The molecule has 3 amide bonds. The first kappa shape index (κ1) is 19.3. The molecule has 146 valence electrons. The van der Waals surface area contributed by atoms with E-state index in [9.17, 15) is 22.8 Å². The number of piperidine rings is 1. The molecule has 0 bridgehead atoms. The van der Waals surface area contributed by atoms with Gasteiger partial charge in [-0.2, -0.15) is 8.42 Å². The third-order valence-electron chi connectivity index (χ3n) is 4.84. The summed E-state index contributed by atoms with van der Waals surface area (Å²) in [5.74, 6) is -1.33. The minimum absolute atomic E-state index is 0.207. The summed E-state index contributed by atoms with van der Waals surface area (Å²) in [6.07, 6.45) is 0.790. The van der Waals surface area contributed by atoms with Crippen molar-refractivity contribution < 1.29 is 27.4 Å². The van der Waals surface area contributed by atoms with Gasteiger partial charge in [0.1, 0.15) is 6.04 Å². The summed E-state index contributed by atoms with van der Waals surface area (Å²) < 4.78 is 30.4. The van der Waals surface area contributed by atoms with Gasteiger partial charge in [0, 0.05) is 37.8 Å². The molecule has 0 radical (unpaired) electrons. The summed E-state index contributed by atoms with van der Waals surface area (Å²) in [5.41, 5.74) is 2.11. The maximum Gasteiger partial charge on any atom is 0.264 e. The molecule has 1 aromatic carbocycles. The third kappa shape index (κ3) is 4.28. The SMILES string of the molecule is CN(CCCS(=O)(=O)O)c1ccc2c(c1)CN(C1CCC(=O)NC1=O)C2=O. The molecule has 2 aliphatic rings. The van der Waals surface area contributed by atoms with E-state index >= 15 is 0 Å². The first-order valence-corrected chi connectivity index (χ1v) is 10.2. The second kappa shape index (κ2) is 7.28. The Labute approximate surface area is 157 Å². The Kier molecular flexibility index (Phi) is 5.20. The summed E-state index contributed by atoms with van der Waals surface area (Å²) in [7, 11) is -2.20. The van der Waals surface area contributed by atoms with Crippen LogP contribution in [0.4, 0.5) is 5.69 Å². The summed E-state index contributed by atoms with van der Waals surface area (Å²) in [6, 6.07) is 4.64. The van der Waals surface area contributed by atoms with Crippen molar-refractivity contribution in [3.05, 3.63) is 29.3 Å². The van der Waals surface area contributed by atoms with Gasteiger partial charge >= 0.3 is 0 Å². The maximum absolute atomic E-state index is 12.6. The Hall–Kier alpha value is -2.46. The number of hydrogen-bond donors (Lipinski definition) is 2. The fraction of sp³-hybridized carbons (Fsp3) is 0.471. The molecule has 1 atom stereocenters. The Bertz CT molecular complexity index is 898. The van der Waals surface area contributed by atoms with Crippen molar-refractivity contribution in [3.63, 3.8) is 0 Å². The number of anilines is 1. The van der Waals surface area contributed by atoms with Crippen LogP contribution in [0, 0.1) is 0 Å². The van der Waals surface area contributed by atoms with Crippen LogP contribution in [0.15, 0.2) is 18.2 Å². The third-order valence-corrected chi connectivity index (χ3v) is 5.65.